The Morgan fingerprint density at radius 1 is 0.500 bits per heavy atom. The summed E-state index contributed by atoms with van der Waals surface area (Å²) < 4.78 is 0. The smallest absolute Gasteiger partial charge is 0.131 e. The largest absolute Gasteiger partial charge is 0.507 e. The number of aromatic hydroxyl groups is 2. The molecule has 116 valence electrons. The Morgan fingerprint density at radius 2 is 0.875 bits per heavy atom. The van der Waals surface area contributed by atoms with Crippen molar-refractivity contribution in [3.63, 3.8) is 0 Å². The minimum Gasteiger partial charge on any atom is -0.507 e. The summed E-state index contributed by atoms with van der Waals surface area (Å²) in [7, 11) is 0. The third-order valence-electron chi connectivity index (χ3n) is 4.13. The van der Waals surface area contributed by atoms with E-state index in [4.69, 9.17) is 0 Å². The number of rotatable bonds is 2. The van der Waals surface area contributed by atoms with Crippen molar-refractivity contribution in [3.8, 4) is 33.8 Å². The van der Waals surface area contributed by atoms with E-state index in [2.05, 4.69) is 9.97 Å². The third-order valence-corrected chi connectivity index (χ3v) is 4.13. The first-order valence-corrected chi connectivity index (χ1v) is 7.54. The van der Waals surface area contributed by atoms with E-state index in [0.29, 0.717) is 21.9 Å². The zero-order valence-corrected chi connectivity index (χ0v) is 12.7. The highest BCUT2D eigenvalue weighted by Gasteiger charge is 2.14. The maximum absolute atomic E-state index is 10.6. The van der Waals surface area contributed by atoms with Gasteiger partial charge in [0.15, 0.2) is 0 Å². The molecule has 0 fully saturated rings. The molecule has 2 heterocycles. The Bertz CT molecular complexity index is 931. The molecule has 2 aromatic heterocycles. The molecular formula is C20H14N2O2. The van der Waals surface area contributed by atoms with Gasteiger partial charge in [0.25, 0.3) is 0 Å². The molecule has 0 amide bonds. The van der Waals surface area contributed by atoms with Crippen LogP contribution in [-0.4, -0.2) is 20.2 Å². The van der Waals surface area contributed by atoms with Crippen LogP contribution in [0.4, 0.5) is 0 Å². The first-order chi connectivity index (χ1) is 11.8. The second kappa shape index (κ2) is 5.66. The standard InChI is InChI=1S/C20H14N2O2/c23-19-15(13-5-9-21-10-6-13)1-3-17-18(19)4-2-16(20(17)24)14-7-11-22-12-8-14/h1-12,23-24H. The predicted octanol–water partition coefficient (Wildman–Crippen LogP) is 4.38. The van der Waals surface area contributed by atoms with E-state index in [1.165, 1.54) is 0 Å². The van der Waals surface area contributed by atoms with E-state index in [0.717, 1.165) is 11.1 Å². The molecule has 0 aliphatic rings. The quantitative estimate of drug-likeness (QED) is 0.576. The fourth-order valence-corrected chi connectivity index (χ4v) is 2.90. The molecule has 0 unspecified atom stereocenters. The maximum atomic E-state index is 10.6. The van der Waals surface area contributed by atoms with Crippen LogP contribution in [0.5, 0.6) is 11.5 Å². The molecule has 0 atom stereocenters. The summed E-state index contributed by atoms with van der Waals surface area (Å²) >= 11 is 0. The third kappa shape index (κ3) is 2.25. The fraction of sp³-hybridized carbons (Fsp3) is 0. The van der Waals surface area contributed by atoms with E-state index in [1.54, 1.807) is 24.8 Å². The van der Waals surface area contributed by atoms with Crippen LogP contribution in [0.1, 0.15) is 0 Å². The van der Waals surface area contributed by atoms with Gasteiger partial charge in [-0.1, -0.05) is 0 Å². The van der Waals surface area contributed by atoms with Gasteiger partial charge < -0.3 is 10.2 Å². The first-order valence-electron chi connectivity index (χ1n) is 7.54. The van der Waals surface area contributed by atoms with Crippen LogP contribution in [0.25, 0.3) is 33.0 Å². The minimum atomic E-state index is 0.148. The SMILES string of the molecule is Oc1c(-c2ccncc2)ccc2c(O)c(-c3ccncc3)ccc12. The zero-order valence-electron chi connectivity index (χ0n) is 12.7. The van der Waals surface area contributed by atoms with Crippen LogP contribution < -0.4 is 0 Å². The lowest BCUT2D eigenvalue weighted by Crippen LogP contribution is -1.85. The van der Waals surface area contributed by atoms with Crippen LogP contribution in [0.15, 0.2) is 73.3 Å². The molecule has 4 heteroatoms. The van der Waals surface area contributed by atoms with Gasteiger partial charge >= 0.3 is 0 Å². The summed E-state index contributed by atoms with van der Waals surface area (Å²) in [6.07, 6.45) is 6.73. The molecule has 4 rings (SSSR count). The number of nitrogens with zero attached hydrogens (tertiary/aromatic N) is 2. The monoisotopic (exact) mass is 314 g/mol. The average molecular weight is 314 g/mol. The van der Waals surface area contributed by atoms with Gasteiger partial charge in [-0.15, -0.1) is 0 Å². The van der Waals surface area contributed by atoms with E-state index < -0.39 is 0 Å². The molecule has 0 saturated carbocycles. The van der Waals surface area contributed by atoms with Gasteiger partial charge in [-0.3, -0.25) is 9.97 Å². The van der Waals surface area contributed by atoms with E-state index >= 15 is 0 Å². The van der Waals surface area contributed by atoms with Crippen LogP contribution in [0.2, 0.25) is 0 Å². The minimum absolute atomic E-state index is 0.148. The van der Waals surface area contributed by atoms with Gasteiger partial charge in [0.05, 0.1) is 0 Å². The van der Waals surface area contributed by atoms with Crippen molar-refractivity contribution in [2.75, 3.05) is 0 Å². The number of hydrogen-bond donors (Lipinski definition) is 2. The second-order valence-corrected chi connectivity index (χ2v) is 5.49. The number of phenolic OH excluding ortho intramolecular Hbond substituents is 2. The second-order valence-electron chi connectivity index (χ2n) is 5.49. The highest BCUT2D eigenvalue weighted by molar-refractivity contribution is 6.01. The molecule has 0 radical (unpaired) electrons. The Kier molecular flexibility index (Phi) is 3.35. The molecule has 24 heavy (non-hydrogen) atoms. The molecular weight excluding hydrogens is 300 g/mol. The highest BCUT2D eigenvalue weighted by Crippen LogP contribution is 2.42. The maximum Gasteiger partial charge on any atom is 0.131 e. The van der Waals surface area contributed by atoms with Crippen molar-refractivity contribution in [3.05, 3.63) is 73.3 Å². The zero-order chi connectivity index (χ0) is 16.5. The lowest BCUT2D eigenvalue weighted by molar-refractivity contribution is 0.477. The van der Waals surface area contributed by atoms with Crippen molar-refractivity contribution >= 4 is 10.8 Å². The molecule has 2 N–H and O–H groups in total. The van der Waals surface area contributed by atoms with Crippen molar-refractivity contribution in [2.24, 2.45) is 0 Å². The molecule has 0 aliphatic heterocycles. The van der Waals surface area contributed by atoms with Crippen molar-refractivity contribution < 1.29 is 10.2 Å². The van der Waals surface area contributed by atoms with Crippen molar-refractivity contribution in [2.45, 2.75) is 0 Å². The van der Waals surface area contributed by atoms with Gasteiger partial charge in [0, 0.05) is 46.7 Å². The number of phenols is 2. The Hall–Kier alpha value is -3.40. The topological polar surface area (TPSA) is 66.2 Å². The summed E-state index contributed by atoms with van der Waals surface area (Å²) in [5.74, 6) is 0.297. The lowest BCUT2D eigenvalue weighted by atomic mass is 9.96. The summed E-state index contributed by atoms with van der Waals surface area (Å²) in [5.41, 5.74) is 3.17. The van der Waals surface area contributed by atoms with Gasteiger partial charge in [0.2, 0.25) is 0 Å². The van der Waals surface area contributed by atoms with E-state index in [9.17, 15) is 10.2 Å². The lowest BCUT2D eigenvalue weighted by Gasteiger charge is -2.12. The summed E-state index contributed by atoms with van der Waals surface area (Å²) in [5, 5.41) is 22.5. The van der Waals surface area contributed by atoms with E-state index in [-0.39, 0.29) is 11.5 Å². The van der Waals surface area contributed by atoms with E-state index in [1.807, 2.05) is 48.5 Å². The summed E-state index contributed by atoms with van der Waals surface area (Å²) in [6, 6.07) is 14.6. The van der Waals surface area contributed by atoms with Gasteiger partial charge in [-0.05, 0) is 59.7 Å². The molecule has 0 spiro atoms. The van der Waals surface area contributed by atoms with Gasteiger partial charge in [-0.25, -0.2) is 0 Å². The normalized spacial score (nSPS) is 10.8. The fourth-order valence-electron chi connectivity index (χ4n) is 2.90. The Morgan fingerprint density at radius 3 is 1.25 bits per heavy atom. The highest BCUT2D eigenvalue weighted by atomic mass is 16.3. The summed E-state index contributed by atoms with van der Waals surface area (Å²) in [6.45, 7) is 0. The number of benzene rings is 2. The summed E-state index contributed by atoms with van der Waals surface area (Å²) in [4.78, 5) is 7.99. The molecule has 4 aromatic rings. The van der Waals surface area contributed by atoms with Gasteiger partial charge in [0.1, 0.15) is 11.5 Å². The van der Waals surface area contributed by atoms with Gasteiger partial charge in [-0.2, -0.15) is 0 Å². The molecule has 0 bridgehead atoms. The van der Waals surface area contributed by atoms with Crippen molar-refractivity contribution in [1.82, 2.24) is 9.97 Å². The number of aromatic nitrogens is 2. The molecule has 0 saturated heterocycles. The first kappa shape index (κ1) is 14.2. The number of pyridine rings is 2. The van der Waals surface area contributed by atoms with Crippen LogP contribution in [0.3, 0.4) is 0 Å². The molecule has 0 aliphatic carbocycles. The molecule has 2 aromatic carbocycles. The number of fused-ring (bicyclic) bond motifs is 1. The van der Waals surface area contributed by atoms with Crippen LogP contribution in [0, 0.1) is 0 Å². The van der Waals surface area contributed by atoms with Crippen molar-refractivity contribution in [1.29, 1.82) is 0 Å². The molecule has 4 nitrogen and oxygen atoms in total. The van der Waals surface area contributed by atoms with Crippen LogP contribution in [-0.2, 0) is 0 Å². The number of hydrogen-bond acceptors (Lipinski definition) is 4. The predicted molar refractivity (Wildman–Crippen MR) is 93.7 cm³/mol. The Balaban J connectivity index is 1.93. The van der Waals surface area contributed by atoms with Crippen LogP contribution >= 0.6 is 0 Å². The average Bonchev–Trinajstić information content (AvgIpc) is 2.64. The Labute approximate surface area is 138 Å².